The lowest BCUT2D eigenvalue weighted by Gasteiger charge is -2.10. The zero-order valence-corrected chi connectivity index (χ0v) is 17.9. The minimum Gasteiger partial charge on any atom is -0.436 e. The summed E-state index contributed by atoms with van der Waals surface area (Å²) in [7, 11) is 0. The van der Waals surface area contributed by atoms with Gasteiger partial charge in [0.2, 0.25) is 5.89 Å². The largest absolute Gasteiger partial charge is 0.436 e. The predicted molar refractivity (Wildman–Crippen MR) is 122 cm³/mol. The lowest BCUT2D eigenvalue weighted by Crippen LogP contribution is -2.34. The van der Waals surface area contributed by atoms with E-state index in [0.29, 0.717) is 27.6 Å². The van der Waals surface area contributed by atoms with Crippen molar-refractivity contribution in [1.29, 1.82) is 0 Å². The molecular weight excluding hydrogens is 474 g/mol. The van der Waals surface area contributed by atoms with Crippen LogP contribution in [0.15, 0.2) is 75.6 Å². The number of amides is 1. The monoisotopic (exact) mass is 485 g/mol. The lowest BCUT2D eigenvalue weighted by molar-refractivity contribution is 0.0977. The molecule has 8 heteroatoms. The second-order valence-corrected chi connectivity index (χ2v) is 7.89. The van der Waals surface area contributed by atoms with Crippen LogP contribution in [0.5, 0.6) is 0 Å². The number of benzene rings is 3. The number of carbonyl (C=O) groups excluding carboxylic acids is 1. The number of thiocarbonyl (C=S) groups is 1. The fourth-order valence-corrected chi connectivity index (χ4v) is 3.46. The molecule has 1 amide bonds. The van der Waals surface area contributed by atoms with E-state index < -0.39 is 0 Å². The summed E-state index contributed by atoms with van der Waals surface area (Å²) in [6, 6.07) is 19.7. The first kappa shape index (κ1) is 19.6. The molecule has 0 aliphatic carbocycles. The molecule has 144 valence electrons. The first-order valence-electron chi connectivity index (χ1n) is 8.52. The Labute approximate surface area is 185 Å². The highest BCUT2D eigenvalue weighted by Crippen LogP contribution is 2.27. The minimum absolute atomic E-state index is 0.208. The van der Waals surface area contributed by atoms with Crippen LogP contribution in [0.2, 0.25) is 5.02 Å². The van der Waals surface area contributed by atoms with E-state index in [-0.39, 0.29) is 11.0 Å². The Balaban J connectivity index is 1.43. The van der Waals surface area contributed by atoms with Crippen molar-refractivity contribution in [2.24, 2.45) is 0 Å². The summed E-state index contributed by atoms with van der Waals surface area (Å²) in [5, 5.41) is 6.46. The third-order valence-corrected chi connectivity index (χ3v) is 4.99. The van der Waals surface area contributed by atoms with Gasteiger partial charge in [-0.2, -0.15) is 0 Å². The third kappa shape index (κ3) is 4.64. The van der Waals surface area contributed by atoms with Gasteiger partial charge in [-0.15, -0.1) is 0 Å². The SMILES string of the molecule is O=C(NC(=S)Nc1ccc(-c2nc3cc(Cl)ccc3o2)cc1)c1cccc(Br)c1. The average molecular weight is 487 g/mol. The summed E-state index contributed by atoms with van der Waals surface area (Å²) in [6.07, 6.45) is 0. The number of halogens is 2. The molecule has 5 nitrogen and oxygen atoms in total. The number of anilines is 1. The molecule has 0 fully saturated rings. The van der Waals surface area contributed by atoms with Gasteiger partial charge in [0.05, 0.1) is 0 Å². The van der Waals surface area contributed by atoms with Gasteiger partial charge in [0.25, 0.3) is 5.91 Å². The first-order chi connectivity index (χ1) is 14.0. The molecule has 0 saturated carbocycles. The van der Waals surface area contributed by atoms with E-state index in [1.165, 1.54) is 0 Å². The summed E-state index contributed by atoms with van der Waals surface area (Å²) < 4.78 is 6.58. The number of fused-ring (bicyclic) bond motifs is 1. The Bertz CT molecular complexity index is 1220. The van der Waals surface area contributed by atoms with Crippen LogP contribution in [0.4, 0.5) is 5.69 Å². The maximum absolute atomic E-state index is 12.3. The summed E-state index contributed by atoms with van der Waals surface area (Å²) in [5.74, 6) is 0.213. The highest BCUT2D eigenvalue weighted by Gasteiger charge is 2.10. The summed E-state index contributed by atoms with van der Waals surface area (Å²) in [6.45, 7) is 0. The van der Waals surface area contributed by atoms with Crippen molar-refractivity contribution >= 4 is 67.6 Å². The van der Waals surface area contributed by atoms with E-state index in [1.54, 1.807) is 36.4 Å². The molecule has 0 unspecified atom stereocenters. The maximum Gasteiger partial charge on any atom is 0.257 e. The summed E-state index contributed by atoms with van der Waals surface area (Å²) in [4.78, 5) is 16.7. The molecule has 4 rings (SSSR count). The number of hydrogen-bond donors (Lipinski definition) is 2. The fraction of sp³-hybridized carbons (Fsp3) is 0. The minimum atomic E-state index is -0.287. The number of carbonyl (C=O) groups is 1. The van der Waals surface area contributed by atoms with E-state index in [2.05, 4.69) is 31.5 Å². The van der Waals surface area contributed by atoms with E-state index in [1.807, 2.05) is 30.3 Å². The highest BCUT2D eigenvalue weighted by molar-refractivity contribution is 9.10. The van der Waals surface area contributed by atoms with Crippen molar-refractivity contribution in [3.05, 3.63) is 81.8 Å². The highest BCUT2D eigenvalue weighted by atomic mass is 79.9. The Morgan fingerprint density at radius 3 is 2.62 bits per heavy atom. The van der Waals surface area contributed by atoms with Crippen LogP contribution in [0.3, 0.4) is 0 Å². The average Bonchev–Trinajstić information content (AvgIpc) is 3.11. The second-order valence-electron chi connectivity index (χ2n) is 6.13. The number of hydrogen-bond acceptors (Lipinski definition) is 4. The van der Waals surface area contributed by atoms with Crippen molar-refractivity contribution < 1.29 is 9.21 Å². The van der Waals surface area contributed by atoms with Gasteiger partial charge < -0.3 is 9.73 Å². The van der Waals surface area contributed by atoms with E-state index in [0.717, 1.165) is 15.7 Å². The predicted octanol–water partition coefficient (Wildman–Crippen LogP) is 6.04. The van der Waals surface area contributed by atoms with E-state index in [4.69, 9.17) is 28.2 Å². The number of rotatable bonds is 3. The molecule has 0 atom stereocenters. The molecule has 4 aromatic rings. The second kappa shape index (κ2) is 8.32. The number of oxazole rings is 1. The molecule has 0 spiro atoms. The van der Waals surface area contributed by atoms with Crippen molar-refractivity contribution in [3.63, 3.8) is 0 Å². The van der Waals surface area contributed by atoms with Crippen LogP contribution in [-0.4, -0.2) is 16.0 Å². The Morgan fingerprint density at radius 1 is 1.07 bits per heavy atom. The van der Waals surface area contributed by atoms with Crippen LogP contribution in [0, 0.1) is 0 Å². The normalized spacial score (nSPS) is 10.7. The van der Waals surface area contributed by atoms with Gasteiger partial charge in [0, 0.05) is 26.3 Å². The van der Waals surface area contributed by atoms with Crippen LogP contribution in [0.1, 0.15) is 10.4 Å². The van der Waals surface area contributed by atoms with Crippen molar-refractivity contribution in [2.45, 2.75) is 0 Å². The fourth-order valence-electron chi connectivity index (χ4n) is 2.69. The van der Waals surface area contributed by atoms with Gasteiger partial charge in [0.15, 0.2) is 10.7 Å². The van der Waals surface area contributed by atoms with Crippen LogP contribution in [-0.2, 0) is 0 Å². The topological polar surface area (TPSA) is 67.2 Å². The van der Waals surface area contributed by atoms with Crippen LogP contribution < -0.4 is 10.6 Å². The molecule has 0 radical (unpaired) electrons. The van der Waals surface area contributed by atoms with Gasteiger partial charge in [0.1, 0.15) is 5.52 Å². The molecule has 0 aliphatic heterocycles. The first-order valence-corrected chi connectivity index (χ1v) is 10.1. The standard InChI is InChI=1S/C21H13BrClN3O2S/c22-14-3-1-2-13(10-14)19(27)26-21(29)24-16-7-4-12(5-8-16)20-25-17-11-15(23)6-9-18(17)28-20/h1-11H,(H2,24,26,27,29). The number of nitrogens with zero attached hydrogens (tertiary/aromatic N) is 1. The molecule has 0 saturated heterocycles. The van der Waals surface area contributed by atoms with Crippen LogP contribution >= 0.6 is 39.7 Å². The number of aromatic nitrogens is 1. The molecule has 2 N–H and O–H groups in total. The Kier molecular flexibility index (Phi) is 5.62. The van der Waals surface area contributed by atoms with E-state index in [9.17, 15) is 4.79 Å². The molecular formula is C21H13BrClN3O2S. The van der Waals surface area contributed by atoms with Gasteiger partial charge in [-0.05, 0) is 72.9 Å². The summed E-state index contributed by atoms with van der Waals surface area (Å²) >= 11 is 14.6. The zero-order valence-electron chi connectivity index (χ0n) is 14.8. The lowest BCUT2D eigenvalue weighted by atomic mass is 10.2. The number of nitrogens with one attached hydrogen (secondary N) is 2. The third-order valence-electron chi connectivity index (χ3n) is 4.05. The molecule has 3 aromatic carbocycles. The van der Waals surface area contributed by atoms with Gasteiger partial charge >= 0.3 is 0 Å². The van der Waals surface area contributed by atoms with Gasteiger partial charge in [-0.25, -0.2) is 4.98 Å². The van der Waals surface area contributed by atoms with Crippen molar-refractivity contribution in [3.8, 4) is 11.5 Å². The molecule has 1 aromatic heterocycles. The quantitative estimate of drug-likeness (QED) is 0.346. The van der Waals surface area contributed by atoms with Gasteiger partial charge in [-0.1, -0.05) is 33.6 Å². The smallest absolute Gasteiger partial charge is 0.257 e. The molecule has 1 heterocycles. The zero-order chi connectivity index (χ0) is 20.4. The van der Waals surface area contributed by atoms with Crippen molar-refractivity contribution in [1.82, 2.24) is 10.3 Å². The molecule has 0 aliphatic rings. The van der Waals surface area contributed by atoms with E-state index >= 15 is 0 Å². The van der Waals surface area contributed by atoms with Gasteiger partial charge in [-0.3, -0.25) is 10.1 Å². The summed E-state index contributed by atoms with van der Waals surface area (Å²) in [5.41, 5.74) is 3.42. The Morgan fingerprint density at radius 2 is 1.86 bits per heavy atom. The van der Waals surface area contributed by atoms with Crippen molar-refractivity contribution in [2.75, 3.05) is 5.32 Å². The molecule has 0 bridgehead atoms. The molecule has 29 heavy (non-hydrogen) atoms. The van der Waals surface area contributed by atoms with Crippen LogP contribution in [0.25, 0.3) is 22.6 Å². The Hall–Kier alpha value is -2.74. The maximum atomic E-state index is 12.3.